The van der Waals surface area contributed by atoms with Crippen molar-refractivity contribution in [3.8, 4) is 11.5 Å². The monoisotopic (exact) mass is 346 g/mol. The van der Waals surface area contributed by atoms with Crippen LogP contribution < -0.4 is 20.1 Å². The number of hydrogen-bond donors (Lipinski definition) is 1. The Morgan fingerprint density at radius 1 is 1.21 bits per heavy atom. The maximum Gasteiger partial charge on any atom is 0.161 e. The minimum atomic E-state index is 0.0853. The fourth-order valence-electron chi connectivity index (χ4n) is 3.17. The van der Waals surface area contributed by atoms with E-state index in [9.17, 15) is 0 Å². The second-order valence-corrected chi connectivity index (χ2v) is 7.02. The van der Waals surface area contributed by atoms with E-state index in [0.29, 0.717) is 6.61 Å². The average molecular weight is 346 g/mol. The predicted molar refractivity (Wildman–Crippen MR) is 96.3 cm³/mol. The van der Waals surface area contributed by atoms with Crippen molar-refractivity contribution in [2.45, 2.75) is 13.0 Å². The number of nitrogens with zero attached hydrogens (tertiary/aromatic N) is 3. The van der Waals surface area contributed by atoms with Gasteiger partial charge in [0.25, 0.3) is 0 Å². The van der Waals surface area contributed by atoms with E-state index in [4.69, 9.17) is 15.2 Å². The largest absolute Gasteiger partial charge is 0.486 e. The number of benzene rings is 1. The van der Waals surface area contributed by atoms with Gasteiger partial charge in [-0.1, -0.05) is 12.1 Å². The molecule has 128 valence electrons. The highest BCUT2D eigenvalue weighted by Crippen LogP contribution is 2.33. The van der Waals surface area contributed by atoms with Gasteiger partial charge in [0, 0.05) is 32.7 Å². The molecular formula is C17H22N4O2S. The first-order chi connectivity index (χ1) is 11.7. The summed E-state index contributed by atoms with van der Waals surface area (Å²) in [5, 5.41) is 1.11. The molecule has 2 N–H and O–H groups in total. The maximum atomic E-state index is 6.12. The number of nitrogens with two attached hydrogens (primary N) is 1. The van der Waals surface area contributed by atoms with E-state index >= 15 is 0 Å². The van der Waals surface area contributed by atoms with E-state index in [1.165, 1.54) is 11.5 Å². The number of hydrogen-bond acceptors (Lipinski definition) is 7. The van der Waals surface area contributed by atoms with Gasteiger partial charge in [0.05, 0.1) is 11.4 Å². The number of para-hydroxylation sites is 2. The zero-order valence-corrected chi connectivity index (χ0v) is 14.6. The molecule has 1 aromatic heterocycles. The lowest BCUT2D eigenvalue weighted by Gasteiger charge is -2.37. The number of aromatic nitrogens is 1. The van der Waals surface area contributed by atoms with E-state index in [-0.39, 0.29) is 6.10 Å². The summed E-state index contributed by atoms with van der Waals surface area (Å²) >= 11 is 1.50. The summed E-state index contributed by atoms with van der Waals surface area (Å²) in [7, 11) is 0. The molecule has 2 aromatic rings. The highest BCUT2D eigenvalue weighted by Gasteiger charge is 2.26. The Kier molecular flexibility index (Phi) is 4.20. The Labute approximate surface area is 145 Å². The van der Waals surface area contributed by atoms with Crippen LogP contribution >= 0.6 is 11.5 Å². The molecule has 3 heterocycles. The van der Waals surface area contributed by atoms with E-state index in [1.807, 2.05) is 31.2 Å². The van der Waals surface area contributed by atoms with Gasteiger partial charge in [0.1, 0.15) is 17.7 Å². The van der Waals surface area contributed by atoms with Crippen molar-refractivity contribution >= 4 is 22.2 Å². The molecule has 0 spiro atoms. The van der Waals surface area contributed by atoms with Crippen LogP contribution in [0.1, 0.15) is 5.69 Å². The minimum absolute atomic E-state index is 0.0853. The molecule has 2 aliphatic rings. The molecule has 0 unspecified atom stereocenters. The number of anilines is 2. The summed E-state index contributed by atoms with van der Waals surface area (Å²) < 4.78 is 16.2. The number of piperazine rings is 1. The second kappa shape index (κ2) is 6.49. The van der Waals surface area contributed by atoms with E-state index in [1.54, 1.807) is 0 Å². The highest BCUT2D eigenvalue weighted by atomic mass is 32.1. The van der Waals surface area contributed by atoms with Crippen LogP contribution in [0.5, 0.6) is 11.5 Å². The molecule has 1 saturated heterocycles. The van der Waals surface area contributed by atoms with Crippen LogP contribution in [0.15, 0.2) is 24.3 Å². The molecule has 1 fully saturated rings. The summed E-state index contributed by atoms with van der Waals surface area (Å²) in [6.45, 7) is 7.39. The predicted octanol–water partition coefficient (Wildman–Crippen LogP) is 2.00. The fourth-order valence-corrected chi connectivity index (χ4v) is 4.03. The zero-order chi connectivity index (χ0) is 16.5. The highest BCUT2D eigenvalue weighted by molar-refractivity contribution is 7.11. The van der Waals surface area contributed by atoms with Crippen LogP contribution in [0.3, 0.4) is 0 Å². The van der Waals surface area contributed by atoms with Crippen molar-refractivity contribution in [2.24, 2.45) is 0 Å². The third kappa shape index (κ3) is 3.01. The van der Waals surface area contributed by atoms with Gasteiger partial charge in [-0.25, -0.2) is 0 Å². The van der Waals surface area contributed by atoms with Crippen molar-refractivity contribution in [3.63, 3.8) is 0 Å². The topological polar surface area (TPSA) is 63.9 Å². The number of nitrogen functional groups attached to an aromatic ring is 1. The molecule has 1 atom stereocenters. The van der Waals surface area contributed by atoms with Crippen molar-refractivity contribution in [1.29, 1.82) is 0 Å². The first-order valence-electron chi connectivity index (χ1n) is 8.28. The standard InChI is InChI=1S/C17H22N4O2S/c1-12-16(18)17(24-19-12)21-8-6-20(7-9-21)10-13-11-22-14-4-2-3-5-15(14)23-13/h2-5,13H,6-11,18H2,1H3/t13-/m0/s1. The lowest BCUT2D eigenvalue weighted by atomic mass is 10.2. The van der Waals surface area contributed by atoms with E-state index < -0.39 is 0 Å². The Hall–Kier alpha value is -1.99. The van der Waals surface area contributed by atoms with Crippen LogP contribution in [-0.2, 0) is 0 Å². The smallest absolute Gasteiger partial charge is 0.161 e. The van der Waals surface area contributed by atoms with Crippen molar-refractivity contribution < 1.29 is 9.47 Å². The SMILES string of the molecule is Cc1nsc(N2CCN(C[C@H]3COc4ccccc4O3)CC2)c1N. The number of aryl methyl sites for hydroxylation is 1. The quantitative estimate of drug-likeness (QED) is 0.917. The second-order valence-electron chi connectivity index (χ2n) is 6.27. The van der Waals surface area contributed by atoms with Gasteiger partial charge >= 0.3 is 0 Å². The molecule has 7 heteroatoms. The van der Waals surface area contributed by atoms with Gasteiger partial charge in [-0.2, -0.15) is 4.37 Å². The van der Waals surface area contributed by atoms with Crippen molar-refractivity contribution in [3.05, 3.63) is 30.0 Å². The normalized spacial score (nSPS) is 21.0. The molecule has 24 heavy (non-hydrogen) atoms. The summed E-state index contributed by atoms with van der Waals surface area (Å²) in [5.41, 5.74) is 7.88. The van der Waals surface area contributed by atoms with Gasteiger partial charge in [-0.05, 0) is 30.6 Å². The lowest BCUT2D eigenvalue weighted by Crippen LogP contribution is -2.50. The fraction of sp³-hybridized carbons (Fsp3) is 0.471. The van der Waals surface area contributed by atoms with Crippen LogP contribution in [0.2, 0.25) is 0 Å². The molecule has 4 rings (SSSR count). The number of rotatable bonds is 3. The van der Waals surface area contributed by atoms with E-state index in [2.05, 4.69) is 14.2 Å². The molecule has 0 bridgehead atoms. The molecule has 6 nitrogen and oxygen atoms in total. The minimum Gasteiger partial charge on any atom is -0.486 e. The molecular weight excluding hydrogens is 324 g/mol. The first kappa shape index (κ1) is 15.5. The summed E-state index contributed by atoms with van der Waals surface area (Å²) in [5.74, 6) is 1.69. The zero-order valence-electron chi connectivity index (χ0n) is 13.8. The lowest BCUT2D eigenvalue weighted by molar-refractivity contribution is 0.0571. The summed E-state index contributed by atoms with van der Waals surface area (Å²) in [6, 6.07) is 7.86. The third-order valence-electron chi connectivity index (χ3n) is 4.58. The van der Waals surface area contributed by atoms with Crippen LogP contribution in [0.4, 0.5) is 10.7 Å². The van der Waals surface area contributed by atoms with Crippen molar-refractivity contribution in [1.82, 2.24) is 9.27 Å². The number of fused-ring (bicyclic) bond motifs is 1. The Balaban J connectivity index is 1.32. The maximum absolute atomic E-state index is 6.12. The first-order valence-corrected chi connectivity index (χ1v) is 9.05. The van der Waals surface area contributed by atoms with Crippen molar-refractivity contribution in [2.75, 3.05) is 50.0 Å². The van der Waals surface area contributed by atoms with Crippen LogP contribution in [0.25, 0.3) is 0 Å². The Bertz CT molecular complexity index is 712. The van der Waals surface area contributed by atoms with E-state index in [0.717, 1.165) is 60.6 Å². The average Bonchev–Trinajstić information content (AvgIpc) is 2.95. The number of ether oxygens (including phenoxy) is 2. The Morgan fingerprint density at radius 2 is 1.96 bits per heavy atom. The van der Waals surface area contributed by atoms with Gasteiger partial charge < -0.3 is 20.1 Å². The van der Waals surface area contributed by atoms with Crippen LogP contribution in [0, 0.1) is 6.92 Å². The van der Waals surface area contributed by atoms with Gasteiger partial charge in [0.15, 0.2) is 11.5 Å². The molecule has 2 aliphatic heterocycles. The third-order valence-corrected chi connectivity index (χ3v) is 5.59. The molecule has 0 radical (unpaired) electrons. The Morgan fingerprint density at radius 3 is 2.67 bits per heavy atom. The van der Waals surface area contributed by atoms with Gasteiger partial charge in [-0.15, -0.1) is 0 Å². The molecule has 1 aromatic carbocycles. The van der Waals surface area contributed by atoms with Gasteiger partial charge in [0.2, 0.25) is 0 Å². The van der Waals surface area contributed by atoms with Crippen LogP contribution in [-0.4, -0.2) is 54.7 Å². The summed E-state index contributed by atoms with van der Waals surface area (Å²) in [6.07, 6.45) is 0.0853. The van der Waals surface area contributed by atoms with Gasteiger partial charge in [-0.3, -0.25) is 4.90 Å². The molecule has 0 aliphatic carbocycles. The molecule has 0 saturated carbocycles. The molecule has 0 amide bonds. The summed E-state index contributed by atoms with van der Waals surface area (Å²) in [4.78, 5) is 4.77.